The second-order valence-electron chi connectivity index (χ2n) is 5.84. The van der Waals surface area contributed by atoms with Crippen LogP contribution >= 0.6 is 0 Å². The number of hydrogen-bond donors (Lipinski definition) is 1. The van der Waals surface area contributed by atoms with Gasteiger partial charge in [-0.15, -0.1) is 0 Å². The van der Waals surface area contributed by atoms with Crippen molar-refractivity contribution in [2.45, 2.75) is 13.3 Å². The maximum absolute atomic E-state index is 5.97. The third-order valence-electron chi connectivity index (χ3n) is 3.91. The topological polar surface area (TPSA) is 100 Å². The molecule has 0 amide bonds. The van der Waals surface area contributed by atoms with E-state index in [2.05, 4.69) is 15.0 Å². The van der Waals surface area contributed by atoms with Crippen LogP contribution < -0.4 is 10.5 Å². The Labute approximate surface area is 155 Å². The summed E-state index contributed by atoms with van der Waals surface area (Å²) in [5.74, 6) is 1.83. The van der Waals surface area contributed by atoms with E-state index in [0.717, 1.165) is 17.5 Å². The summed E-state index contributed by atoms with van der Waals surface area (Å²) in [6.45, 7) is 2.63. The molecule has 0 aliphatic heterocycles. The van der Waals surface area contributed by atoms with Crippen molar-refractivity contribution < 1.29 is 13.6 Å². The number of nitrogens with two attached hydrogens (primary N) is 1. The van der Waals surface area contributed by atoms with E-state index >= 15 is 0 Å². The van der Waals surface area contributed by atoms with Gasteiger partial charge < -0.3 is 19.3 Å². The normalized spacial score (nSPS) is 10.9. The van der Waals surface area contributed by atoms with Gasteiger partial charge in [0.05, 0.1) is 19.1 Å². The second kappa shape index (κ2) is 7.33. The number of aromatic nitrogens is 3. The number of hydrogen-bond acceptors (Lipinski definition) is 7. The van der Waals surface area contributed by atoms with Gasteiger partial charge in [0, 0.05) is 17.8 Å². The van der Waals surface area contributed by atoms with Gasteiger partial charge in [-0.2, -0.15) is 0 Å². The van der Waals surface area contributed by atoms with Crippen LogP contribution in [0, 0.1) is 0 Å². The fourth-order valence-corrected chi connectivity index (χ4v) is 2.79. The van der Waals surface area contributed by atoms with Crippen molar-refractivity contribution >= 4 is 5.95 Å². The van der Waals surface area contributed by atoms with E-state index in [1.54, 1.807) is 30.9 Å². The van der Waals surface area contributed by atoms with Crippen LogP contribution in [0.15, 0.2) is 64.0 Å². The first-order chi connectivity index (χ1) is 13.3. The van der Waals surface area contributed by atoms with Crippen LogP contribution in [0.1, 0.15) is 13.3 Å². The van der Waals surface area contributed by atoms with Gasteiger partial charge in [0.15, 0.2) is 11.5 Å². The molecule has 0 saturated heterocycles. The predicted molar refractivity (Wildman–Crippen MR) is 101 cm³/mol. The highest BCUT2D eigenvalue weighted by Crippen LogP contribution is 2.39. The van der Waals surface area contributed by atoms with E-state index in [1.807, 2.05) is 31.2 Å². The highest BCUT2D eigenvalue weighted by molar-refractivity contribution is 5.89. The average Bonchev–Trinajstić information content (AvgIpc) is 3.39. The zero-order valence-corrected chi connectivity index (χ0v) is 14.8. The van der Waals surface area contributed by atoms with Gasteiger partial charge in [0.1, 0.15) is 11.4 Å². The summed E-state index contributed by atoms with van der Waals surface area (Å²) in [4.78, 5) is 13.1. The summed E-state index contributed by atoms with van der Waals surface area (Å²) < 4.78 is 16.8. The Morgan fingerprint density at radius 1 is 1.00 bits per heavy atom. The fourth-order valence-electron chi connectivity index (χ4n) is 2.79. The van der Waals surface area contributed by atoms with Crippen molar-refractivity contribution in [3.8, 4) is 39.9 Å². The molecule has 0 spiro atoms. The predicted octanol–water partition coefficient (Wildman–Crippen LogP) is 4.43. The Morgan fingerprint density at radius 2 is 1.67 bits per heavy atom. The summed E-state index contributed by atoms with van der Waals surface area (Å²) in [6.07, 6.45) is 5.76. The SMILES string of the molecule is CCCOc1cc(-c2c(-c3ccco3)nc(N)nc2-c2ccco2)ccn1. The Bertz CT molecular complexity index is 972. The molecule has 136 valence electrons. The molecule has 2 N–H and O–H groups in total. The molecule has 4 rings (SSSR count). The standard InChI is InChI=1S/C20H18N4O3/c1-2-9-27-16-12-13(7-8-22-16)17-18(14-5-3-10-25-14)23-20(21)24-19(17)15-6-4-11-26-15/h3-8,10-12H,2,9H2,1H3,(H2,21,23,24). The number of rotatable bonds is 6. The summed E-state index contributed by atoms with van der Waals surface area (Å²) in [6, 6.07) is 11.0. The molecule has 7 nitrogen and oxygen atoms in total. The first-order valence-electron chi connectivity index (χ1n) is 8.60. The van der Waals surface area contributed by atoms with Gasteiger partial charge in [-0.1, -0.05) is 6.92 Å². The maximum atomic E-state index is 5.97. The highest BCUT2D eigenvalue weighted by atomic mass is 16.5. The van der Waals surface area contributed by atoms with Gasteiger partial charge >= 0.3 is 0 Å². The lowest BCUT2D eigenvalue weighted by Gasteiger charge is -2.13. The average molecular weight is 362 g/mol. The van der Waals surface area contributed by atoms with Crippen molar-refractivity contribution in [2.75, 3.05) is 12.3 Å². The zero-order chi connectivity index (χ0) is 18.6. The van der Waals surface area contributed by atoms with E-state index in [-0.39, 0.29) is 5.95 Å². The zero-order valence-electron chi connectivity index (χ0n) is 14.8. The molecule has 0 unspecified atom stereocenters. The number of pyridine rings is 1. The van der Waals surface area contributed by atoms with Crippen LogP contribution in [-0.4, -0.2) is 21.6 Å². The Kier molecular flexibility index (Phi) is 4.57. The molecule has 0 saturated carbocycles. The molecule has 0 aliphatic rings. The molecule has 7 heteroatoms. The van der Waals surface area contributed by atoms with Crippen molar-refractivity contribution in [3.05, 3.63) is 55.1 Å². The first-order valence-corrected chi connectivity index (χ1v) is 8.60. The van der Waals surface area contributed by atoms with Crippen molar-refractivity contribution in [2.24, 2.45) is 0 Å². The fraction of sp³-hybridized carbons (Fsp3) is 0.150. The first kappa shape index (κ1) is 16.8. The van der Waals surface area contributed by atoms with Gasteiger partial charge in [-0.05, 0) is 42.3 Å². The molecular weight excluding hydrogens is 344 g/mol. The van der Waals surface area contributed by atoms with E-state index in [1.165, 1.54) is 0 Å². The van der Waals surface area contributed by atoms with Crippen LogP contribution in [0.2, 0.25) is 0 Å². The number of furan rings is 2. The summed E-state index contributed by atoms with van der Waals surface area (Å²) in [5.41, 5.74) is 8.68. The number of nitrogen functional groups attached to an aromatic ring is 1. The monoisotopic (exact) mass is 362 g/mol. The van der Waals surface area contributed by atoms with Gasteiger partial charge in [0.2, 0.25) is 11.8 Å². The van der Waals surface area contributed by atoms with Crippen LogP contribution in [0.4, 0.5) is 5.95 Å². The van der Waals surface area contributed by atoms with Gasteiger partial charge in [0.25, 0.3) is 0 Å². The lowest BCUT2D eigenvalue weighted by molar-refractivity contribution is 0.305. The molecule has 27 heavy (non-hydrogen) atoms. The third kappa shape index (κ3) is 3.39. The van der Waals surface area contributed by atoms with Crippen LogP contribution in [0.3, 0.4) is 0 Å². The van der Waals surface area contributed by atoms with E-state index in [4.69, 9.17) is 19.3 Å². The second-order valence-corrected chi connectivity index (χ2v) is 5.84. The van der Waals surface area contributed by atoms with E-state index in [0.29, 0.717) is 35.4 Å². The summed E-state index contributed by atoms with van der Waals surface area (Å²) in [7, 11) is 0. The lowest BCUT2D eigenvalue weighted by Crippen LogP contribution is -2.03. The minimum atomic E-state index is 0.132. The molecule has 0 radical (unpaired) electrons. The quantitative estimate of drug-likeness (QED) is 0.541. The van der Waals surface area contributed by atoms with Crippen LogP contribution in [0.25, 0.3) is 34.0 Å². The minimum Gasteiger partial charge on any atom is -0.478 e. The number of nitrogens with zero attached hydrogens (tertiary/aromatic N) is 3. The smallest absolute Gasteiger partial charge is 0.221 e. The highest BCUT2D eigenvalue weighted by Gasteiger charge is 2.22. The largest absolute Gasteiger partial charge is 0.478 e. The maximum Gasteiger partial charge on any atom is 0.221 e. The van der Waals surface area contributed by atoms with E-state index in [9.17, 15) is 0 Å². The van der Waals surface area contributed by atoms with Crippen molar-refractivity contribution in [3.63, 3.8) is 0 Å². The third-order valence-corrected chi connectivity index (χ3v) is 3.91. The molecule has 0 bridgehead atoms. The Morgan fingerprint density at radius 3 is 2.22 bits per heavy atom. The van der Waals surface area contributed by atoms with Gasteiger partial charge in [-0.3, -0.25) is 0 Å². The lowest BCUT2D eigenvalue weighted by atomic mass is 10.00. The molecule has 4 heterocycles. The molecule has 0 atom stereocenters. The molecule has 4 aromatic heterocycles. The molecule has 0 aromatic carbocycles. The molecule has 4 aromatic rings. The molecule has 0 fully saturated rings. The van der Waals surface area contributed by atoms with Crippen molar-refractivity contribution in [1.82, 2.24) is 15.0 Å². The van der Waals surface area contributed by atoms with Gasteiger partial charge in [-0.25, -0.2) is 15.0 Å². The summed E-state index contributed by atoms with van der Waals surface area (Å²) in [5, 5.41) is 0. The number of ether oxygens (including phenoxy) is 1. The molecule has 0 aliphatic carbocycles. The van der Waals surface area contributed by atoms with Crippen molar-refractivity contribution in [1.29, 1.82) is 0 Å². The van der Waals surface area contributed by atoms with Crippen LogP contribution in [0.5, 0.6) is 5.88 Å². The van der Waals surface area contributed by atoms with Crippen LogP contribution in [-0.2, 0) is 0 Å². The summed E-state index contributed by atoms with van der Waals surface area (Å²) >= 11 is 0. The Hall–Kier alpha value is -3.61. The van der Waals surface area contributed by atoms with E-state index < -0.39 is 0 Å². The Balaban J connectivity index is 1.95. The number of anilines is 1. The molecular formula is C20H18N4O3. The minimum absolute atomic E-state index is 0.132.